The summed E-state index contributed by atoms with van der Waals surface area (Å²) in [6.45, 7) is 2.81. The zero-order chi connectivity index (χ0) is 10.5. The average molecular weight is 198 g/mol. The lowest BCUT2D eigenvalue weighted by Crippen LogP contribution is -2.36. The molecule has 0 aromatic rings. The fourth-order valence-corrected chi connectivity index (χ4v) is 0.929. The molecule has 0 aliphatic carbocycles. The molecule has 0 saturated carbocycles. The molecule has 0 aliphatic rings. The lowest BCUT2D eigenvalue weighted by Gasteiger charge is -2.23. The van der Waals surface area contributed by atoms with Gasteiger partial charge in [0.05, 0.1) is 0 Å². The number of nitrogens with zero attached hydrogens (tertiary/aromatic N) is 1. The van der Waals surface area contributed by atoms with Crippen molar-refractivity contribution in [3.8, 4) is 0 Å². The molecule has 0 aromatic carbocycles. The van der Waals surface area contributed by atoms with E-state index in [9.17, 15) is 13.2 Å². The second-order valence-corrected chi connectivity index (χ2v) is 3.28. The third-order valence-corrected chi connectivity index (χ3v) is 2.06. The second-order valence-electron chi connectivity index (χ2n) is 3.28. The van der Waals surface area contributed by atoms with Crippen LogP contribution in [0.4, 0.5) is 13.2 Å². The quantitative estimate of drug-likeness (QED) is 0.727. The fraction of sp³-hybridized carbons (Fsp3) is 1.00. The van der Waals surface area contributed by atoms with Crippen LogP contribution in [0.25, 0.3) is 0 Å². The van der Waals surface area contributed by atoms with E-state index < -0.39 is 12.6 Å². The Kier molecular flexibility index (Phi) is 5.32. The average Bonchev–Trinajstić information content (AvgIpc) is 2.00. The summed E-state index contributed by atoms with van der Waals surface area (Å²) in [6, 6.07) is 0.147. The first kappa shape index (κ1) is 12.7. The van der Waals surface area contributed by atoms with Crippen molar-refractivity contribution in [2.75, 3.05) is 20.1 Å². The SMILES string of the molecule is CC(CN)N(C)CCCC(F)(F)F. The van der Waals surface area contributed by atoms with E-state index in [2.05, 4.69) is 0 Å². The van der Waals surface area contributed by atoms with Crippen molar-refractivity contribution in [2.24, 2.45) is 5.73 Å². The van der Waals surface area contributed by atoms with Gasteiger partial charge in [-0.1, -0.05) is 0 Å². The van der Waals surface area contributed by atoms with E-state index in [4.69, 9.17) is 5.73 Å². The molecule has 0 aliphatic heterocycles. The van der Waals surface area contributed by atoms with Crippen LogP contribution in [0.1, 0.15) is 19.8 Å². The van der Waals surface area contributed by atoms with E-state index in [0.29, 0.717) is 13.1 Å². The highest BCUT2D eigenvalue weighted by Crippen LogP contribution is 2.21. The molecule has 5 heteroatoms. The number of hydrogen-bond donors (Lipinski definition) is 1. The molecule has 0 bridgehead atoms. The van der Waals surface area contributed by atoms with E-state index in [1.54, 1.807) is 7.05 Å². The van der Waals surface area contributed by atoms with Crippen molar-refractivity contribution in [3.63, 3.8) is 0 Å². The van der Waals surface area contributed by atoms with Crippen LogP contribution in [0.5, 0.6) is 0 Å². The van der Waals surface area contributed by atoms with Crippen LogP contribution in [0.15, 0.2) is 0 Å². The number of likely N-dealkylation sites (N-methyl/N-ethyl adjacent to an activating group) is 1. The minimum absolute atomic E-state index is 0.143. The van der Waals surface area contributed by atoms with Gasteiger partial charge >= 0.3 is 6.18 Å². The first-order chi connectivity index (χ1) is 5.87. The largest absolute Gasteiger partial charge is 0.389 e. The maximum Gasteiger partial charge on any atom is 0.389 e. The normalized spacial score (nSPS) is 15.0. The molecule has 1 atom stereocenters. The molecule has 80 valence electrons. The molecule has 0 heterocycles. The highest BCUT2D eigenvalue weighted by atomic mass is 19.4. The minimum Gasteiger partial charge on any atom is -0.329 e. The topological polar surface area (TPSA) is 29.3 Å². The van der Waals surface area contributed by atoms with Crippen molar-refractivity contribution < 1.29 is 13.2 Å². The lowest BCUT2D eigenvalue weighted by molar-refractivity contribution is -0.136. The van der Waals surface area contributed by atoms with Gasteiger partial charge in [-0.2, -0.15) is 13.2 Å². The standard InChI is InChI=1S/C8H17F3N2/c1-7(6-12)13(2)5-3-4-8(9,10)11/h7H,3-6,12H2,1-2H3. The zero-order valence-electron chi connectivity index (χ0n) is 8.06. The Bertz CT molecular complexity index is 136. The predicted octanol–water partition coefficient (Wildman–Crippen LogP) is 1.61. The smallest absolute Gasteiger partial charge is 0.329 e. The Morgan fingerprint density at radius 3 is 2.31 bits per heavy atom. The van der Waals surface area contributed by atoms with Crippen LogP contribution in [-0.4, -0.2) is 37.3 Å². The summed E-state index contributed by atoms with van der Waals surface area (Å²) in [5.41, 5.74) is 5.37. The van der Waals surface area contributed by atoms with Crippen molar-refractivity contribution in [1.29, 1.82) is 0 Å². The second kappa shape index (κ2) is 5.44. The van der Waals surface area contributed by atoms with Gasteiger partial charge in [-0.05, 0) is 26.9 Å². The van der Waals surface area contributed by atoms with Crippen LogP contribution in [0.3, 0.4) is 0 Å². The van der Waals surface area contributed by atoms with E-state index in [1.165, 1.54) is 0 Å². The van der Waals surface area contributed by atoms with Crippen molar-refractivity contribution in [1.82, 2.24) is 4.90 Å². The first-order valence-electron chi connectivity index (χ1n) is 4.34. The maximum atomic E-state index is 11.7. The van der Waals surface area contributed by atoms with E-state index >= 15 is 0 Å². The molecule has 1 unspecified atom stereocenters. The Labute approximate surface area is 76.9 Å². The number of halogens is 3. The van der Waals surface area contributed by atoms with Crippen LogP contribution in [0.2, 0.25) is 0 Å². The van der Waals surface area contributed by atoms with E-state index in [0.717, 1.165) is 0 Å². The summed E-state index contributed by atoms with van der Waals surface area (Å²) in [6.07, 6.45) is -4.61. The third kappa shape index (κ3) is 6.83. The van der Waals surface area contributed by atoms with Gasteiger partial charge in [-0.15, -0.1) is 0 Å². The molecule has 0 amide bonds. The molecule has 2 nitrogen and oxygen atoms in total. The molecule has 13 heavy (non-hydrogen) atoms. The summed E-state index contributed by atoms with van der Waals surface area (Å²) in [7, 11) is 1.79. The number of rotatable bonds is 5. The van der Waals surface area contributed by atoms with Gasteiger partial charge < -0.3 is 10.6 Å². The van der Waals surface area contributed by atoms with Crippen LogP contribution >= 0.6 is 0 Å². The molecular weight excluding hydrogens is 181 g/mol. The highest BCUT2D eigenvalue weighted by molar-refractivity contribution is 4.64. The number of nitrogens with two attached hydrogens (primary N) is 1. The van der Waals surface area contributed by atoms with Gasteiger partial charge in [0.2, 0.25) is 0 Å². The highest BCUT2D eigenvalue weighted by Gasteiger charge is 2.26. The van der Waals surface area contributed by atoms with Crippen LogP contribution < -0.4 is 5.73 Å². The van der Waals surface area contributed by atoms with Gasteiger partial charge in [-0.3, -0.25) is 0 Å². The Balaban J connectivity index is 3.53. The summed E-state index contributed by atoms with van der Waals surface area (Å²) >= 11 is 0. The van der Waals surface area contributed by atoms with Gasteiger partial charge in [0, 0.05) is 19.0 Å². The summed E-state index contributed by atoms with van der Waals surface area (Å²) in [4.78, 5) is 1.84. The first-order valence-corrected chi connectivity index (χ1v) is 4.34. The van der Waals surface area contributed by atoms with Crippen molar-refractivity contribution >= 4 is 0 Å². The predicted molar refractivity (Wildman–Crippen MR) is 46.4 cm³/mol. The molecule has 0 radical (unpaired) electrons. The minimum atomic E-state index is -4.03. The van der Waals surface area contributed by atoms with E-state index in [1.807, 2.05) is 11.8 Å². The summed E-state index contributed by atoms with van der Waals surface area (Å²) in [5.74, 6) is 0. The van der Waals surface area contributed by atoms with Gasteiger partial charge in [-0.25, -0.2) is 0 Å². The monoisotopic (exact) mass is 198 g/mol. The number of hydrogen-bond acceptors (Lipinski definition) is 2. The van der Waals surface area contributed by atoms with Gasteiger partial charge in [0.25, 0.3) is 0 Å². The van der Waals surface area contributed by atoms with Crippen LogP contribution in [-0.2, 0) is 0 Å². The third-order valence-electron chi connectivity index (χ3n) is 2.06. The maximum absolute atomic E-state index is 11.7. The molecule has 0 saturated heterocycles. The van der Waals surface area contributed by atoms with Gasteiger partial charge in [0.1, 0.15) is 0 Å². The molecule has 0 spiro atoms. The van der Waals surface area contributed by atoms with Crippen molar-refractivity contribution in [3.05, 3.63) is 0 Å². The lowest BCUT2D eigenvalue weighted by atomic mass is 10.2. The molecule has 0 fully saturated rings. The molecule has 0 aromatic heterocycles. The molecule has 2 N–H and O–H groups in total. The summed E-state index contributed by atoms with van der Waals surface area (Å²) < 4.78 is 35.2. The Morgan fingerprint density at radius 2 is 1.92 bits per heavy atom. The Morgan fingerprint density at radius 1 is 1.38 bits per heavy atom. The summed E-state index contributed by atoms with van der Waals surface area (Å²) in [5, 5.41) is 0. The number of alkyl halides is 3. The fourth-order valence-electron chi connectivity index (χ4n) is 0.929. The Hall–Kier alpha value is -0.290. The van der Waals surface area contributed by atoms with E-state index in [-0.39, 0.29) is 12.5 Å². The van der Waals surface area contributed by atoms with Gasteiger partial charge in [0.15, 0.2) is 0 Å². The van der Waals surface area contributed by atoms with Crippen molar-refractivity contribution in [2.45, 2.75) is 32.0 Å². The molecular formula is C8H17F3N2. The zero-order valence-corrected chi connectivity index (χ0v) is 8.06. The van der Waals surface area contributed by atoms with Crippen LogP contribution in [0, 0.1) is 0 Å². The molecule has 0 rings (SSSR count).